The SMILES string of the molecule is CCNC(CCCC1CCCO1)c1ccc(N(C)C)cc1. The van der Waals surface area contributed by atoms with Gasteiger partial charge < -0.3 is 15.0 Å². The van der Waals surface area contributed by atoms with Crippen molar-refractivity contribution in [2.24, 2.45) is 0 Å². The van der Waals surface area contributed by atoms with Crippen LogP contribution in [0.4, 0.5) is 5.69 Å². The fourth-order valence-electron chi connectivity index (χ4n) is 3.06. The van der Waals surface area contributed by atoms with Gasteiger partial charge in [-0.2, -0.15) is 0 Å². The minimum atomic E-state index is 0.465. The Kier molecular flexibility index (Phi) is 6.52. The third-order valence-corrected chi connectivity index (χ3v) is 4.31. The van der Waals surface area contributed by atoms with Gasteiger partial charge >= 0.3 is 0 Å². The topological polar surface area (TPSA) is 24.5 Å². The Morgan fingerprint density at radius 1 is 1.29 bits per heavy atom. The van der Waals surface area contributed by atoms with E-state index < -0.39 is 0 Å². The molecule has 21 heavy (non-hydrogen) atoms. The zero-order valence-electron chi connectivity index (χ0n) is 13.8. The molecule has 1 N–H and O–H groups in total. The quantitative estimate of drug-likeness (QED) is 0.789. The van der Waals surface area contributed by atoms with Gasteiger partial charge in [-0.1, -0.05) is 19.1 Å². The van der Waals surface area contributed by atoms with Crippen molar-refractivity contribution in [3.8, 4) is 0 Å². The van der Waals surface area contributed by atoms with Gasteiger partial charge in [-0.3, -0.25) is 0 Å². The lowest BCUT2D eigenvalue weighted by Crippen LogP contribution is -2.21. The average Bonchev–Trinajstić information content (AvgIpc) is 3.00. The van der Waals surface area contributed by atoms with Crippen LogP contribution in [0.2, 0.25) is 0 Å². The molecule has 1 heterocycles. The molecule has 1 aromatic carbocycles. The highest BCUT2D eigenvalue weighted by molar-refractivity contribution is 5.46. The van der Waals surface area contributed by atoms with Crippen molar-refractivity contribution in [3.63, 3.8) is 0 Å². The molecule has 0 amide bonds. The van der Waals surface area contributed by atoms with Gasteiger partial charge in [-0.05, 0) is 56.3 Å². The van der Waals surface area contributed by atoms with E-state index in [2.05, 4.69) is 55.5 Å². The molecule has 3 heteroatoms. The molecule has 2 rings (SSSR count). The number of hydrogen-bond acceptors (Lipinski definition) is 3. The molecule has 3 nitrogen and oxygen atoms in total. The van der Waals surface area contributed by atoms with Crippen molar-refractivity contribution in [2.45, 2.75) is 51.2 Å². The monoisotopic (exact) mass is 290 g/mol. The van der Waals surface area contributed by atoms with E-state index in [4.69, 9.17) is 4.74 Å². The molecule has 1 fully saturated rings. The molecule has 0 aromatic heterocycles. The number of anilines is 1. The molecular weight excluding hydrogens is 260 g/mol. The second-order valence-corrected chi connectivity index (χ2v) is 6.16. The summed E-state index contributed by atoms with van der Waals surface area (Å²) in [7, 11) is 4.16. The second-order valence-electron chi connectivity index (χ2n) is 6.16. The van der Waals surface area contributed by atoms with Crippen LogP contribution in [0, 0.1) is 0 Å². The van der Waals surface area contributed by atoms with Gasteiger partial charge in [0.25, 0.3) is 0 Å². The van der Waals surface area contributed by atoms with Crippen LogP contribution >= 0.6 is 0 Å². The van der Waals surface area contributed by atoms with Crippen LogP contribution in [0.5, 0.6) is 0 Å². The number of hydrogen-bond donors (Lipinski definition) is 1. The summed E-state index contributed by atoms with van der Waals surface area (Å²) in [4.78, 5) is 2.14. The summed E-state index contributed by atoms with van der Waals surface area (Å²) >= 11 is 0. The Morgan fingerprint density at radius 2 is 2.05 bits per heavy atom. The maximum Gasteiger partial charge on any atom is 0.0576 e. The number of benzene rings is 1. The van der Waals surface area contributed by atoms with E-state index in [1.165, 1.54) is 43.4 Å². The molecular formula is C18H30N2O. The van der Waals surface area contributed by atoms with Crippen LogP contribution in [-0.4, -0.2) is 33.4 Å². The smallest absolute Gasteiger partial charge is 0.0576 e. The van der Waals surface area contributed by atoms with Crippen LogP contribution in [0.15, 0.2) is 24.3 Å². The van der Waals surface area contributed by atoms with E-state index in [0.717, 1.165) is 13.2 Å². The predicted molar refractivity (Wildman–Crippen MR) is 90.0 cm³/mol. The Morgan fingerprint density at radius 3 is 2.62 bits per heavy atom. The summed E-state index contributed by atoms with van der Waals surface area (Å²) in [5.41, 5.74) is 2.66. The standard InChI is InChI=1S/C18H30N2O/c1-4-19-18(9-5-7-17-8-6-14-21-17)15-10-12-16(13-11-15)20(2)3/h10-13,17-19H,4-9,14H2,1-3H3. The summed E-state index contributed by atoms with van der Waals surface area (Å²) in [5, 5.41) is 3.62. The van der Waals surface area contributed by atoms with E-state index in [1.807, 2.05) is 0 Å². The van der Waals surface area contributed by atoms with E-state index in [0.29, 0.717) is 12.1 Å². The van der Waals surface area contributed by atoms with Crippen LogP contribution < -0.4 is 10.2 Å². The lowest BCUT2D eigenvalue weighted by molar-refractivity contribution is 0.101. The van der Waals surface area contributed by atoms with Crippen LogP contribution in [0.1, 0.15) is 50.6 Å². The van der Waals surface area contributed by atoms with Crippen LogP contribution in [0.25, 0.3) is 0 Å². The largest absolute Gasteiger partial charge is 0.378 e. The average molecular weight is 290 g/mol. The predicted octanol–water partition coefficient (Wildman–Crippen LogP) is 3.75. The first-order chi connectivity index (χ1) is 10.2. The third kappa shape index (κ3) is 5.01. The normalized spacial score (nSPS) is 19.7. The second kappa shape index (κ2) is 8.40. The van der Waals surface area contributed by atoms with Gasteiger partial charge in [0, 0.05) is 32.4 Å². The summed E-state index contributed by atoms with van der Waals surface area (Å²) in [6.07, 6.45) is 6.64. The molecule has 0 spiro atoms. The molecule has 1 saturated heterocycles. The molecule has 0 radical (unpaired) electrons. The first kappa shape index (κ1) is 16.3. The number of nitrogens with zero attached hydrogens (tertiary/aromatic N) is 1. The van der Waals surface area contributed by atoms with E-state index in [-0.39, 0.29) is 0 Å². The highest BCUT2D eigenvalue weighted by Gasteiger charge is 2.16. The first-order valence-corrected chi connectivity index (χ1v) is 8.33. The molecule has 1 aliphatic rings. The first-order valence-electron chi connectivity index (χ1n) is 8.33. The summed E-state index contributed by atoms with van der Waals surface area (Å²) in [5.74, 6) is 0. The molecule has 2 atom stereocenters. The van der Waals surface area contributed by atoms with Crippen LogP contribution in [0.3, 0.4) is 0 Å². The summed E-state index contributed by atoms with van der Waals surface area (Å²) in [6.45, 7) is 4.16. The van der Waals surface area contributed by atoms with Crippen molar-refractivity contribution < 1.29 is 4.74 Å². The summed E-state index contributed by atoms with van der Waals surface area (Å²) in [6, 6.07) is 9.40. The minimum absolute atomic E-state index is 0.465. The maximum absolute atomic E-state index is 5.72. The Bertz CT molecular complexity index is 396. The maximum atomic E-state index is 5.72. The van der Waals surface area contributed by atoms with Gasteiger partial charge in [0.2, 0.25) is 0 Å². The molecule has 0 bridgehead atoms. The number of ether oxygens (including phenoxy) is 1. The highest BCUT2D eigenvalue weighted by atomic mass is 16.5. The van der Waals surface area contributed by atoms with Gasteiger partial charge in [0.05, 0.1) is 6.10 Å². The van der Waals surface area contributed by atoms with E-state index >= 15 is 0 Å². The van der Waals surface area contributed by atoms with Gasteiger partial charge in [0.1, 0.15) is 0 Å². The van der Waals surface area contributed by atoms with Gasteiger partial charge in [-0.25, -0.2) is 0 Å². The zero-order valence-corrected chi connectivity index (χ0v) is 13.8. The van der Waals surface area contributed by atoms with Crippen molar-refractivity contribution in [3.05, 3.63) is 29.8 Å². The Hall–Kier alpha value is -1.06. The number of nitrogens with one attached hydrogen (secondary N) is 1. The molecule has 0 aliphatic carbocycles. The Labute approximate surface area is 129 Å². The Balaban J connectivity index is 1.87. The zero-order chi connectivity index (χ0) is 15.1. The van der Waals surface area contributed by atoms with Crippen molar-refractivity contribution >= 4 is 5.69 Å². The number of rotatable bonds is 8. The van der Waals surface area contributed by atoms with Crippen molar-refractivity contribution in [1.82, 2.24) is 5.32 Å². The molecule has 1 aromatic rings. The lowest BCUT2D eigenvalue weighted by atomic mass is 9.99. The van der Waals surface area contributed by atoms with Crippen molar-refractivity contribution in [1.29, 1.82) is 0 Å². The molecule has 2 unspecified atom stereocenters. The lowest BCUT2D eigenvalue weighted by Gasteiger charge is -2.20. The highest BCUT2D eigenvalue weighted by Crippen LogP contribution is 2.24. The molecule has 1 aliphatic heterocycles. The molecule has 0 saturated carbocycles. The minimum Gasteiger partial charge on any atom is -0.378 e. The van der Waals surface area contributed by atoms with E-state index in [1.54, 1.807) is 0 Å². The van der Waals surface area contributed by atoms with Gasteiger partial charge in [-0.15, -0.1) is 0 Å². The molecule has 118 valence electrons. The fraction of sp³-hybridized carbons (Fsp3) is 0.667. The fourth-order valence-corrected chi connectivity index (χ4v) is 3.06. The third-order valence-electron chi connectivity index (χ3n) is 4.31. The summed E-state index contributed by atoms with van der Waals surface area (Å²) < 4.78 is 5.72. The van der Waals surface area contributed by atoms with Crippen LogP contribution in [-0.2, 0) is 4.74 Å². The van der Waals surface area contributed by atoms with Gasteiger partial charge in [0.15, 0.2) is 0 Å². The van der Waals surface area contributed by atoms with Crippen molar-refractivity contribution in [2.75, 3.05) is 32.1 Å². The van der Waals surface area contributed by atoms with E-state index in [9.17, 15) is 0 Å².